The number of benzene rings is 2. The van der Waals surface area contributed by atoms with Gasteiger partial charge >= 0.3 is 5.97 Å². The van der Waals surface area contributed by atoms with Gasteiger partial charge in [0.25, 0.3) is 0 Å². The second-order valence-corrected chi connectivity index (χ2v) is 6.92. The predicted molar refractivity (Wildman–Crippen MR) is 104 cm³/mol. The topological polar surface area (TPSA) is 85.3 Å². The predicted octanol–water partition coefficient (Wildman–Crippen LogP) is 4.27. The van der Waals surface area contributed by atoms with Crippen LogP contribution in [0.25, 0.3) is 0 Å². The Morgan fingerprint density at radius 2 is 1.89 bits per heavy atom. The Labute approximate surface area is 165 Å². The van der Waals surface area contributed by atoms with Crippen LogP contribution in [0, 0.1) is 11.3 Å². The maximum Gasteiger partial charge on any atom is 0.338 e. The Morgan fingerprint density at radius 1 is 1.22 bits per heavy atom. The van der Waals surface area contributed by atoms with Gasteiger partial charge in [0, 0.05) is 4.47 Å². The van der Waals surface area contributed by atoms with E-state index in [2.05, 4.69) is 22.0 Å². The minimum atomic E-state index is -0.639. The number of nitriles is 1. The van der Waals surface area contributed by atoms with E-state index in [1.807, 2.05) is 54.6 Å². The van der Waals surface area contributed by atoms with Crippen LogP contribution in [0.1, 0.15) is 24.0 Å². The molecule has 0 amide bonds. The van der Waals surface area contributed by atoms with Gasteiger partial charge in [-0.15, -0.1) is 0 Å². The van der Waals surface area contributed by atoms with Gasteiger partial charge in [-0.25, -0.2) is 4.79 Å². The van der Waals surface area contributed by atoms with E-state index < -0.39 is 11.9 Å². The Morgan fingerprint density at radius 3 is 2.52 bits per heavy atom. The average molecular weight is 425 g/mol. The monoisotopic (exact) mass is 424 g/mol. The highest BCUT2D eigenvalue weighted by Gasteiger charge is 2.36. The lowest BCUT2D eigenvalue weighted by Crippen LogP contribution is -2.25. The number of allylic oxidation sites excluding steroid dienone is 2. The number of hydrogen-bond acceptors (Lipinski definition) is 5. The van der Waals surface area contributed by atoms with E-state index >= 15 is 0 Å². The van der Waals surface area contributed by atoms with E-state index in [4.69, 9.17) is 15.2 Å². The van der Waals surface area contributed by atoms with Crippen LogP contribution in [0.2, 0.25) is 0 Å². The molecule has 2 aromatic rings. The van der Waals surface area contributed by atoms with E-state index in [9.17, 15) is 10.1 Å². The van der Waals surface area contributed by atoms with E-state index in [0.717, 1.165) is 15.6 Å². The van der Waals surface area contributed by atoms with Crippen LogP contribution in [0.15, 0.2) is 81.9 Å². The van der Waals surface area contributed by atoms with Crippen molar-refractivity contribution < 1.29 is 14.3 Å². The molecule has 0 bridgehead atoms. The molecular weight excluding hydrogens is 408 g/mol. The summed E-state index contributed by atoms with van der Waals surface area (Å²) in [5, 5.41) is 9.59. The number of hydrogen-bond donors (Lipinski definition) is 1. The van der Waals surface area contributed by atoms with Crippen molar-refractivity contribution in [2.45, 2.75) is 19.4 Å². The average Bonchev–Trinajstić information content (AvgIpc) is 2.67. The summed E-state index contributed by atoms with van der Waals surface area (Å²) < 4.78 is 11.8. The van der Waals surface area contributed by atoms with Gasteiger partial charge in [-0.3, -0.25) is 0 Å². The molecule has 3 rings (SSSR count). The summed E-state index contributed by atoms with van der Waals surface area (Å²) >= 11 is 3.39. The molecule has 2 N–H and O–H groups in total. The normalized spacial score (nSPS) is 16.6. The standard InChI is InChI=1S/C21H17BrN2O3/c1-13-18(21(25)26-12-14-5-3-2-4-6-14)19(17(11-23)20(24)27-13)15-7-9-16(22)10-8-15/h2-10,19H,12,24H2,1H3/t19-/m0/s1. The van der Waals surface area contributed by atoms with Crippen LogP contribution < -0.4 is 5.73 Å². The zero-order chi connectivity index (χ0) is 19.4. The van der Waals surface area contributed by atoms with Gasteiger partial charge < -0.3 is 15.2 Å². The summed E-state index contributed by atoms with van der Waals surface area (Å²) in [7, 11) is 0. The highest BCUT2D eigenvalue weighted by Crippen LogP contribution is 2.39. The minimum Gasteiger partial charge on any atom is -0.457 e. The molecule has 2 aromatic carbocycles. The first kappa shape index (κ1) is 18.7. The molecule has 0 aliphatic carbocycles. The molecule has 1 heterocycles. The summed E-state index contributed by atoms with van der Waals surface area (Å²) in [4.78, 5) is 12.9. The third kappa shape index (κ3) is 4.04. The number of rotatable bonds is 4. The lowest BCUT2D eigenvalue weighted by atomic mass is 9.83. The Bertz CT molecular complexity index is 957. The number of nitrogens with two attached hydrogens (primary N) is 1. The fourth-order valence-corrected chi connectivity index (χ4v) is 3.20. The van der Waals surface area contributed by atoms with Gasteiger partial charge in [-0.1, -0.05) is 58.4 Å². The number of ether oxygens (including phenoxy) is 2. The molecule has 0 spiro atoms. The molecule has 0 fully saturated rings. The van der Waals surface area contributed by atoms with Crippen molar-refractivity contribution >= 4 is 21.9 Å². The zero-order valence-corrected chi connectivity index (χ0v) is 16.2. The maximum absolute atomic E-state index is 12.9. The minimum absolute atomic E-state index is 0.00234. The molecule has 6 heteroatoms. The van der Waals surface area contributed by atoms with Crippen molar-refractivity contribution in [1.82, 2.24) is 0 Å². The first-order chi connectivity index (χ1) is 13.0. The van der Waals surface area contributed by atoms with Crippen molar-refractivity contribution in [2.75, 3.05) is 0 Å². The highest BCUT2D eigenvalue weighted by molar-refractivity contribution is 9.10. The molecular formula is C21H17BrN2O3. The summed E-state index contributed by atoms with van der Waals surface area (Å²) in [6, 6.07) is 18.8. The quantitative estimate of drug-likeness (QED) is 0.740. The van der Waals surface area contributed by atoms with Crippen molar-refractivity contribution in [1.29, 1.82) is 5.26 Å². The van der Waals surface area contributed by atoms with Crippen LogP contribution in [0.4, 0.5) is 0 Å². The van der Waals surface area contributed by atoms with Gasteiger partial charge in [0.15, 0.2) is 0 Å². The summed E-state index contributed by atoms with van der Waals surface area (Å²) in [5.41, 5.74) is 8.00. The SMILES string of the molecule is CC1=C(C(=O)OCc2ccccc2)[C@@H](c2ccc(Br)cc2)C(C#N)=C(N)O1. The van der Waals surface area contributed by atoms with Crippen molar-refractivity contribution in [3.8, 4) is 6.07 Å². The zero-order valence-electron chi connectivity index (χ0n) is 14.6. The van der Waals surface area contributed by atoms with Crippen molar-refractivity contribution in [3.63, 3.8) is 0 Å². The summed E-state index contributed by atoms with van der Waals surface area (Å²) in [5.74, 6) is -0.843. The number of carbonyl (C=O) groups is 1. The van der Waals surface area contributed by atoms with E-state index in [-0.39, 0.29) is 23.6 Å². The third-order valence-corrected chi connectivity index (χ3v) is 4.77. The van der Waals surface area contributed by atoms with Gasteiger partial charge in [0.1, 0.15) is 24.0 Å². The summed E-state index contributed by atoms with van der Waals surface area (Å²) in [6.45, 7) is 1.77. The molecule has 0 saturated carbocycles. The first-order valence-electron chi connectivity index (χ1n) is 8.26. The van der Waals surface area contributed by atoms with Crippen molar-refractivity contribution in [2.24, 2.45) is 5.73 Å². The summed E-state index contributed by atoms with van der Waals surface area (Å²) in [6.07, 6.45) is 0. The molecule has 0 aromatic heterocycles. The van der Waals surface area contributed by atoms with Crippen LogP contribution >= 0.6 is 15.9 Å². The first-order valence-corrected chi connectivity index (χ1v) is 9.05. The molecule has 5 nitrogen and oxygen atoms in total. The molecule has 1 atom stereocenters. The number of carbonyl (C=O) groups excluding carboxylic acids is 1. The molecule has 27 heavy (non-hydrogen) atoms. The maximum atomic E-state index is 12.9. The second kappa shape index (κ2) is 8.11. The Hall–Kier alpha value is -3.04. The molecule has 1 aliphatic rings. The second-order valence-electron chi connectivity index (χ2n) is 6.01. The Balaban J connectivity index is 1.94. The molecule has 136 valence electrons. The largest absolute Gasteiger partial charge is 0.457 e. The third-order valence-electron chi connectivity index (χ3n) is 4.24. The lowest BCUT2D eigenvalue weighted by Gasteiger charge is -2.27. The van der Waals surface area contributed by atoms with Gasteiger partial charge in [0.05, 0.1) is 11.5 Å². The molecule has 0 radical (unpaired) electrons. The van der Waals surface area contributed by atoms with Crippen molar-refractivity contribution in [3.05, 3.63) is 93.0 Å². The molecule has 0 saturated heterocycles. The fourth-order valence-electron chi connectivity index (χ4n) is 2.94. The van der Waals surface area contributed by atoms with E-state index in [1.54, 1.807) is 6.92 Å². The smallest absolute Gasteiger partial charge is 0.338 e. The van der Waals surface area contributed by atoms with Gasteiger partial charge in [-0.2, -0.15) is 5.26 Å². The molecule has 0 unspecified atom stereocenters. The van der Waals surface area contributed by atoms with Gasteiger partial charge in [-0.05, 0) is 30.2 Å². The molecule has 1 aliphatic heterocycles. The van der Waals surface area contributed by atoms with Crippen LogP contribution in [-0.4, -0.2) is 5.97 Å². The van der Waals surface area contributed by atoms with E-state index in [0.29, 0.717) is 5.76 Å². The van der Waals surface area contributed by atoms with E-state index in [1.165, 1.54) is 0 Å². The fraction of sp³-hybridized carbons (Fsp3) is 0.143. The number of halogens is 1. The lowest BCUT2D eigenvalue weighted by molar-refractivity contribution is -0.140. The number of esters is 1. The van der Waals surface area contributed by atoms with Gasteiger partial charge in [0.2, 0.25) is 5.88 Å². The van der Waals surface area contributed by atoms with Crippen LogP contribution in [0.5, 0.6) is 0 Å². The van der Waals surface area contributed by atoms with Crippen LogP contribution in [-0.2, 0) is 20.9 Å². The highest BCUT2D eigenvalue weighted by atomic mass is 79.9. The Kier molecular flexibility index (Phi) is 5.63. The van der Waals surface area contributed by atoms with Crippen LogP contribution in [0.3, 0.4) is 0 Å². The number of nitrogens with zero attached hydrogens (tertiary/aromatic N) is 1.